The summed E-state index contributed by atoms with van der Waals surface area (Å²) in [6.07, 6.45) is 0.938. The van der Waals surface area contributed by atoms with Crippen molar-refractivity contribution in [1.29, 1.82) is 0 Å². The molecule has 5 nitrogen and oxygen atoms in total. The fourth-order valence-corrected chi connectivity index (χ4v) is 5.55. The summed E-state index contributed by atoms with van der Waals surface area (Å²) in [5.41, 5.74) is -1.95. The average molecular weight is 520 g/mol. The Labute approximate surface area is 200 Å². The molecule has 0 N–H and O–H groups in total. The molecule has 0 bridgehead atoms. The highest BCUT2D eigenvalue weighted by atomic mass is 79.9. The van der Waals surface area contributed by atoms with E-state index in [-0.39, 0.29) is 18.8 Å². The van der Waals surface area contributed by atoms with Crippen LogP contribution in [0.5, 0.6) is 5.75 Å². The molecule has 1 saturated carbocycles. The number of carbonyl (C=O) groups is 3. The Morgan fingerprint density at radius 2 is 1.88 bits per heavy atom. The van der Waals surface area contributed by atoms with Crippen LogP contribution in [0.4, 0.5) is 0 Å². The fourth-order valence-electron chi connectivity index (χ4n) is 5.05. The van der Waals surface area contributed by atoms with Gasteiger partial charge in [-0.25, -0.2) is 0 Å². The van der Waals surface area contributed by atoms with E-state index in [0.29, 0.717) is 34.2 Å². The molecule has 4 rings (SSSR count). The van der Waals surface area contributed by atoms with Gasteiger partial charge in [-0.2, -0.15) is 0 Å². The fraction of sp³-hybridized carbons (Fsp3) is 0.400. The zero-order valence-corrected chi connectivity index (χ0v) is 20.5. The number of halogens is 2. The lowest BCUT2D eigenvalue weighted by atomic mass is 9.83. The van der Waals surface area contributed by atoms with Crippen molar-refractivity contribution in [2.75, 3.05) is 6.61 Å². The van der Waals surface area contributed by atoms with Crippen molar-refractivity contribution in [3.8, 4) is 5.75 Å². The van der Waals surface area contributed by atoms with E-state index in [1.807, 2.05) is 26.8 Å². The zero-order chi connectivity index (χ0) is 23.3. The molecule has 0 aromatic heterocycles. The topological polar surface area (TPSA) is 69.7 Å². The van der Waals surface area contributed by atoms with Gasteiger partial charge in [0.1, 0.15) is 5.75 Å². The second-order valence-corrected chi connectivity index (χ2v) is 10.1. The lowest BCUT2D eigenvalue weighted by Crippen LogP contribution is -2.41. The average Bonchev–Trinajstić information content (AvgIpc) is 3.41. The summed E-state index contributed by atoms with van der Waals surface area (Å²) in [7, 11) is 0. The van der Waals surface area contributed by atoms with Gasteiger partial charge in [0, 0.05) is 26.5 Å². The van der Waals surface area contributed by atoms with Crippen molar-refractivity contribution in [1.82, 2.24) is 0 Å². The Balaban J connectivity index is 1.85. The Morgan fingerprint density at radius 1 is 1.19 bits per heavy atom. The molecule has 0 saturated heterocycles. The summed E-state index contributed by atoms with van der Waals surface area (Å²) >= 11 is 9.46. The van der Waals surface area contributed by atoms with Crippen molar-refractivity contribution in [2.45, 2.75) is 39.5 Å². The second-order valence-electron chi connectivity index (χ2n) is 8.79. The maximum absolute atomic E-state index is 13.9. The molecule has 0 amide bonds. The van der Waals surface area contributed by atoms with Crippen LogP contribution in [-0.2, 0) is 14.3 Å². The minimum absolute atomic E-state index is 0.179. The zero-order valence-electron chi connectivity index (χ0n) is 18.1. The quantitative estimate of drug-likeness (QED) is 0.195. The number of Topliss-reactive ketones (excluding diaryl/α,β-unsaturated/α-hetero) is 1. The summed E-state index contributed by atoms with van der Waals surface area (Å²) in [5.74, 6) is -1.67. The van der Waals surface area contributed by atoms with E-state index >= 15 is 0 Å². The molecule has 1 heterocycles. The summed E-state index contributed by atoms with van der Waals surface area (Å²) in [5, 5.41) is 0.497. The Kier molecular flexibility index (Phi) is 5.97. The molecule has 2 aliphatic rings. The normalized spacial score (nSPS) is 25.6. The maximum Gasteiger partial charge on any atom is 0.330 e. The van der Waals surface area contributed by atoms with Gasteiger partial charge in [-0.05, 0) is 61.2 Å². The molecule has 0 radical (unpaired) electrons. The highest BCUT2D eigenvalue weighted by Gasteiger charge is 2.90. The predicted octanol–water partition coefficient (Wildman–Crippen LogP) is 5.97. The van der Waals surface area contributed by atoms with Crippen molar-refractivity contribution >= 4 is 45.3 Å². The van der Waals surface area contributed by atoms with Crippen LogP contribution in [0, 0.1) is 16.7 Å². The minimum Gasteiger partial charge on any atom is -0.465 e. The second kappa shape index (κ2) is 8.31. The Hall–Kier alpha value is -2.18. The smallest absolute Gasteiger partial charge is 0.330 e. The number of ether oxygens (including phenoxy) is 2. The summed E-state index contributed by atoms with van der Waals surface area (Å²) in [6, 6.07) is 11.7. The van der Waals surface area contributed by atoms with E-state index in [0.717, 1.165) is 4.47 Å². The molecule has 2 aromatic carbocycles. The van der Waals surface area contributed by atoms with Gasteiger partial charge in [0.25, 0.3) is 0 Å². The first-order chi connectivity index (χ1) is 15.2. The van der Waals surface area contributed by atoms with Crippen LogP contribution in [0.1, 0.15) is 55.5 Å². The lowest BCUT2D eigenvalue weighted by Gasteiger charge is -2.23. The monoisotopic (exact) mass is 518 g/mol. The number of ketones is 1. The first-order valence-corrected chi connectivity index (χ1v) is 11.9. The molecule has 2 aromatic rings. The highest BCUT2D eigenvalue weighted by Crippen LogP contribution is 2.80. The predicted molar refractivity (Wildman–Crippen MR) is 124 cm³/mol. The van der Waals surface area contributed by atoms with E-state index in [4.69, 9.17) is 21.1 Å². The molecule has 168 valence electrons. The van der Waals surface area contributed by atoms with Crippen LogP contribution in [0.25, 0.3) is 0 Å². The standard InChI is InChI=1S/C25H24BrClO5/c1-4-24(21(28)15-5-8-17(27)9-6-15)20-18-13-16(26)7-10-19(18)32-23(30)25(20,24)22(29)31-12-11-14(2)3/h5-10,13-14,20H,4,11-12H2,1-3H3/t20-,24-,25+/m1/s1. The van der Waals surface area contributed by atoms with Gasteiger partial charge in [0.15, 0.2) is 11.2 Å². The summed E-state index contributed by atoms with van der Waals surface area (Å²) < 4.78 is 12.0. The van der Waals surface area contributed by atoms with Gasteiger partial charge >= 0.3 is 11.9 Å². The SMILES string of the molecule is CC[C@]1(C(=O)c2ccc(Cl)cc2)[C@H]2c3cc(Br)ccc3OC(=O)[C@@]21C(=O)OCCC(C)C. The third-order valence-electron chi connectivity index (χ3n) is 6.67. The molecule has 0 unspecified atom stereocenters. The molecule has 3 atom stereocenters. The number of rotatable bonds is 7. The van der Waals surface area contributed by atoms with Crippen LogP contribution in [0.3, 0.4) is 0 Å². The maximum atomic E-state index is 13.9. The van der Waals surface area contributed by atoms with Crippen molar-refractivity contribution < 1.29 is 23.9 Å². The van der Waals surface area contributed by atoms with Crippen LogP contribution >= 0.6 is 27.5 Å². The first kappa shape index (κ1) is 23.0. The van der Waals surface area contributed by atoms with Crippen LogP contribution < -0.4 is 4.74 Å². The third-order valence-corrected chi connectivity index (χ3v) is 7.42. The number of fused-ring (bicyclic) bond motifs is 3. The summed E-state index contributed by atoms with van der Waals surface area (Å²) in [4.78, 5) is 40.8. The van der Waals surface area contributed by atoms with Crippen LogP contribution in [-0.4, -0.2) is 24.3 Å². The minimum atomic E-state index is -1.71. The van der Waals surface area contributed by atoms with Crippen molar-refractivity contribution in [3.05, 3.63) is 63.1 Å². The van der Waals surface area contributed by atoms with Crippen molar-refractivity contribution in [3.63, 3.8) is 0 Å². The van der Waals surface area contributed by atoms with E-state index in [1.165, 1.54) is 0 Å². The Bertz CT molecular complexity index is 1100. The third kappa shape index (κ3) is 3.22. The highest BCUT2D eigenvalue weighted by molar-refractivity contribution is 9.10. The van der Waals surface area contributed by atoms with Gasteiger partial charge in [0.05, 0.1) is 12.0 Å². The van der Waals surface area contributed by atoms with E-state index in [2.05, 4.69) is 15.9 Å². The molecule has 1 fully saturated rings. The molecule has 1 aliphatic carbocycles. The van der Waals surface area contributed by atoms with Gasteiger partial charge in [-0.3, -0.25) is 14.4 Å². The molecular weight excluding hydrogens is 496 g/mol. The van der Waals surface area contributed by atoms with Crippen molar-refractivity contribution in [2.24, 2.45) is 16.7 Å². The molecule has 0 spiro atoms. The number of esters is 2. The number of hydrogen-bond acceptors (Lipinski definition) is 5. The van der Waals surface area contributed by atoms with Gasteiger partial charge in [-0.1, -0.05) is 48.3 Å². The van der Waals surface area contributed by atoms with Gasteiger partial charge in [-0.15, -0.1) is 0 Å². The van der Waals surface area contributed by atoms with Gasteiger partial charge in [0.2, 0.25) is 0 Å². The van der Waals surface area contributed by atoms with E-state index in [1.54, 1.807) is 36.4 Å². The number of hydrogen-bond donors (Lipinski definition) is 0. The van der Waals surface area contributed by atoms with E-state index < -0.39 is 28.7 Å². The number of benzene rings is 2. The van der Waals surface area contributed by atoms with Crippen LogP contribution in [0.2, 0.25) is 5.02 Å². The first-order valence-electron chi connectivity index (χ1n) is 10.7. The Morgan fingerprint density at radius 3 is 2.50 bits per heavy atom. The van der Waals surface area contributed by atoms with Gasteiger partial charge < -0.3 is 9.47 Å². The molecule has 1 aliphatic heterocycles. The number of carbonyl (C=O) groups excluding carboxylic acids is 3. The largest absolute Gasteiger partial charge is 0.465 e. The molecular formula is C25H24BrClO5. The van der Waals surface area contributed by atoms with Crippen LogP contribution in [0.15, 0.2) is 46.9 Å². The lowest BCUT2D eigenvalue weighted by molar-refractivity contribution is -0.162. The molecule has 7 heteroatoms. The molecule has 32 heavy (non-hydrogen) atoms. The van der Waals surface area contributed by atoms with E-state index in [9.17, 15) is 14.4 Å². The summed E-state index contributed by atoms with van der Waals surface area (Å²) in [6.45, 7) is 6.04.